The third kappa shape index (κ3) is 4.57. The molecule has 4 nitrogen and oxygen atoms in total. The minimum absolute atomic E-state index is 0.128. The zero-order valence-corrected chi connectivity index (χ0v) is 19.1. The Balaban J connectivity index is 1.50. The van der Waals surface area contributed by atoms with Crippen LogP contribution in [0.4, 0.5) is 5.69 Å². The number of carbonyl (C=O) groups is 1. The van der Waals surface area contributed by atoms with Gasteiger partial charge in [0.05, 0.1) is 20.5 Å². The van der Waals surface area contributed by atoms with Gasteiger partial charge in [-0.3, -0.25) is 4.79 Å². The number of para-hydroxylation sites is 1. The van der Waals surface area contributed by atoms with Gasteiger partial charge < -0.3 is 4.74 Å². The van der Waals surface area contributed by atoms with Crippen LogP contribution in [-0.2, 0) is 11.4 Å². The summed E-state index contributed by atoms with van der Waals surface area (Å²) in [4.78, 5) is 12.9. The molecule has 30 heavy (non-hydrogen) atoms. The van der Waals surface area contributed by atoms with E-state index in [2.05, 4.69) is 27.7 Å². The van der Waals surface area contributed by atoms with Crippen LogP contribution in [0.15, 0.2) is 83.5 Å². The van der Waals surface area contributed by atoms with Gasteiger partial charge in [-0.15, -0.1) is 0 Å². The quantitative estimate of drug-likeness (QED) is 0.287. The number of nitrogens with zero attached hydrogens (tertiary/aromatic N) is 2. The van der Waals surface area contributed by atoms with E-state index in [0.717, 1.165) is 26.1 Å². The van der Waals surface area contributed by atoms with Crippen LogP contribution in [0, 0.1) is 3.57 Å². The molecule has 0 fully saturated rings. The molecule has 1 heterocycles. The van der Waals surface area contributed by atoms with Crippen molar-refractivity contribution >= 4 is 57.6 Å². The van der Waals surface area contributed by atoms with E-state index in [-0.39, 0.29) is 5.91 Å². The molecule has 0 N–H and O–H groups in total. The topological polar surface area (TPSA) is 41.9 Å². The Labute approximate surface area is 194 Å². The highest BCUT2D eigenvalue weighted by atomic mass is 127. The Bertz CT molecular complexity index is 1140. The summed E-state index contributed by atoms with van der Waals surface area (Å²) in [5.41, 5.74) is 4.01. The first-order chi connectivity index (χ1) is 14.5. The van der Waals surface area contributed by atoms with Crippen molar-refractivity contribution in [1.29, 1.82) is 0 Å². The van der Waals surface area contributed by atoms with Crippen LogP contribution in [0.2, 0.25) is 5.02 Å². The number of amides is 1. The van der Waals surface area contributed by atoms with E-state index < -0.39 is 0 Å². The molecule has 0 bridgehead atoms. The molecule has 1 aliphatic heterocycles. The van der Waals surface area contributed by atoms with Gasteiger partial charge in [-0.2, -0.15) is 10.1 Å². The van der Waals surface area contributed by atoms with Gasteiger partial charge in [0.1, 0.15) is 12.4 Å². The second-order valence-electron chi connectivity index (χ2n) is 6.80. The van der Waals surface area contributed by atoms with Crippen LogP contribution in [0.5, 0.6) is 5.75 Å². The standard InChI is InChI=1S/C24H18ClIN2O2/c1-16-21(24(29)28(27-16)20-5-3-2-4-6-20)13-18-9-12-23(22(26)14-18)30-15-17-7-10-19(25)11-8-17/h2-14H,15H2,1H3/b21-13+. The number of hydrogen-bond acceptors (Lipinski definition) is 3. The smallest absolute Gasteiger partial charge is 0.280 e. The van der Waals surface area contributed by atoms with E-state index >= 15 is 0 Å². The molecule has 4 rings (SSSR count). The number of rotatable bonds is 5. The number of halogens is 2. The fraction of sp³-hybridized carbons (Fsp3) is 0.0833. The van der Waals surface area contributed by atoms with E-state index in [4.69, 9.17) is 16.3 Å². The molecule has 0 saturated heterocycles. The molecule has 0 aromatic heterocycles. The lowest BCUT2D eigenvalue weighted by Crippen LogP contribution is -2.21. The van der Waals surface area contributed by atoms with E-state index in [1.165, 1.54) is 5.01 Å². The first-order valence-corrected chi connectivity index (χ1v) is 10.8. The Morgan fingerprint density at radius 1 is 1.07 bits per heavy atom. The summed E-state index contributed by atoms with van der Waals surface area (Å²) in [5.74, 6) is 0.665. The number of ether oxygens (including phenoxy) is 1. The molecule has 150 valence electrons. The molecule has 0 saturated carbocycles. The maximum Gasteiger partial charge on any atom is 0.280 e. The summed E-state index contributed by atoms with van der Waals surface area (Å²) in [7, 11) is 0. The van der Waals surface area contributed by atoms with Crippen LogP contribution < -0.4 is 9.75 Å². The van der Waals surface area contributed by atoms with Crippen molar-refractivity contribution in [2.75, 3.05) is 5.01 Å². The molecule has 0 aliphatic carbocycles. The summed E-state index contributed by atoms with van der Waals surface area (Å²) >= 11 is 8.17. The highest BCUT2D eigenvalue weighted by Gasteiger charge is 2.28. The lowest BCUT2D eigenvalue weighted by molar-refractivity contribution is -0.114. The summed E-state index contributed by atoms with van der Waals surface area (Å²) < 4.78 is 6.90. The maximum atomic E-state index is 12.9. The molecule has 3 aromatic rings. The second kappa shape index (κ2) is 9.02. The van der Waals surface area contributed by atoms with Crippen molar-refractivity contribution in [2.45, 2.75) is 13.5 Å². The highest BCUT2D eigenvalue weighted by molar-refractivity contribution is 14.1. The largest absolute Gasteiger partial charge is 0.488 e. The van der Waals surface area contributed by atoms with Crippen LogP contribution in [-0.4, -0.2) is 11.6 Å². The highest BCUT2D eigenvalue weighted by Crippen LogP contribution is 2.27. The van der Waals surface area contributed by atoms with Gasteiger partial charge in [0.2, 0.25) is 0 Å². The van der Waals surface area contributed by atoms with Crippen molar-refractivity contribution in [3.05, 3.63) is 98.1 Å². The third-order valence-corrected chi connectivity index (χ3v) is 5.73. The molecule has 0 radical (unpaired) electrons. The van der Waals surface area contributed by atoms with E-state index in [1.54, 1.807) is 0 Å². The van der Waals surface area contributed by atoms with Gasteiger partial charge in [-0.05, 0) is 83.1 Å². The number of hydrogen-bond donors (Lipinski definition) is 0. The monoisotopic (exact) mass is 528 g/mol. The summed E-state index contributed by atoms with van der Waals surface area (Å²) in [5, 5.41) is 6.57. The van der Waals surface area contributed by atoms with Crippen LogP contribution in [0.1, 0.15) is 18.1 Å². The Morgan fingerprint density at radius 2 is 1.80 bits per heavy atom. The van der Waals surface area contributed by atoms with Gasteiger partial charge in [-0.25, -0.2) is 0 Å². The summed E-state index contributed by atoms with van der Waals surface area (Å²) in [6.07, 6.45) is 1.87. The molecular weight excluding hydrogens is 511 g/mol. The fourth-order valence-corrected chi connectivity index (χ4v) is 3.88. The van der Waals surface area contributed by atoms with Gasteiger partial charge in [-0.1, -0.05) is 48.0 Å². The second-order valence-corrected chi connectivity index (χ2v) is 8.40. The van der Waals surface area contributed by atoms with Crippen molar-refractivity contribution in [2.24, 2.45) is 5.10 Å². The van der Waals surface area contributed by atoms with Crippen molar-refractivity contribution in [3.63, 3.8) is 0 Å². The molecule has 1 aliphatic rings. The SMILES string of the molecule is CC1=NN(c2ccccc2)C(=O)/C1=C/c1ccc(OCc2ccc(Cl)cc2)c(I)c1. The van der Waals surface area contributed by atoms with Crippen LogP contribution in [0.25, 0.3) is 6.08 Å². The van der Waals surface area contributed by atoms with E-state index in [0.29, 0.717) is 22.9 Å². The van der Waals surface area contributed by atoms with Gasteiger partial charge in [0, 0.05) is 5.02 Å². The Hall–Kier alpha value is -2.64. The number of carbonyl (C=O) groups excluding carboxylic acids is 1. The normalized spacial score (nSPS) is 14.9. The first-order valence-electron chi connectivity index (χ1n) is 9.35. The first kappa shape index (κ1) is 20.6. The zero-order valence-electron chi connectivity index (χ0n) is 16.2. The Kier molecular flexibility index (Phi) is 6.20. The average molecular weight is 529 g/mol. The van der Waals surface area contributed by atoms with Crippen molar-refractivity contribution in [3.8, 4) is 5.75 Å². The minimum atomic E-state index is -0.128. The molecule has 0 unspecified atom stereocenters. The van der Waals surface area contributed by atoms with Gasteiger partial charge >= 0.3 is 0 Å². The van der Waals surface area contributed by atoms with Gasteiger partial charge in [0.15, 0.2) is 0 Å². The lowest BCUT2D eigenvalue weighted by atomic mass is 10.1. The third-order valence-electron chi connectivity index (χ3n) is 4.64. The number of anilines is 1. The number of benzene rings is 3. The minimum Gasteiger partial charge on any atom is -0.488 e. The zero-order chi connectivity index (χ0) is 21.1. The van der Waals surface area contributed by atoms with Gasteiger partial charge in [0.25, 0.3) is 5.91 Å². The van der Waals surface area contributed by atoms with Crippen LogP contribution >= 0.6 is 34.2 Å². The average Bonchev–Trinajstić information content (AvgIpc) is 3.03. The number of hydrazone groups is 1. The van der Waals surface area contributed by atoms with Crippen molar-refractivity contribution < 1.29 is 9.53 Å². The molecule has 3 aromatic carbocycles. The molecule has 1 amide bonds. The predicted molar refractivity (Wildman–Crippen MR) is 130 cm³/mol. The maximum absolute atomic E-state index is 12.9. The Morgan fingerprint density at radius 3 is 2.50 bits per heavy atom. The van der Waals surface area contributed by atoms with E-state index in [1.807, 2.05) is 85.8 Å². The molecular formula is C24H18ClIN2O2. The fourth-order valence-electron chi connectivity index (χ4n) is 3.06. The summed E-state index contributed by atoms with van der Waals surface area (Å²) in [6.45, 7) is 2.31. The van der Waals surface area contributed by atoms with E-state index in [9.17, 15) is 4.79 Å². The summed E-state index contributed by atoms with van der Waals surface area (Å²) in [6, 6.07) is 22.9. The van der Waals surface area contributed by atoms with Crippen LogP contribution in [0.3, 0.4) is 0 Å². The molecule has 6 heteroatoms. The molecule has 0 atom stereocenters. The predicted octanol–water partition coefficient (Wildman–Crippen LogP) is 6.33. The van der Waals surface area contributed by atoms with Crippen molar-refractivity contribution in [1.82, 2.24) is 0 Å². The lowest BCUT2D eigenvalue weighted by Gasteiger charge is -2.11. The molecule has 0 spiro atoms.